The van der Waals surface area contributed by atoms with E-state index in [0.717, 1.165) is 0 Å². The summed E-state index contributed by atoms with van der Waals surface area (Å²) in [5, 5.41) is 0. The second-order valence-electron chi connectivity index (χ2n) is 3.87. The fourth-order valence-electron chi connectivity index (χ4n) is 1.70. The summed E-state index contributed by atoms with van der Waals surface area (Å²) in [5.41, 5.74) is 0. The van der Waals surface area contributed by atoms with Crippen molar-refractivity contribution in [2.75, 3.05) is 26.0 Å². The molecule has 1 aliphatic carbocycles. The van der Waals surface area contributed by atoms with E-state index in [2.05, 4.69) is 0 Å². The van der Waals surface area contributed by atoms with Gasteiger partial charge in [-0.3, -0.25) is 0 Å². The predicted molar refractivity (Wildman–Crippen MR) is 48.9 cm³/mol. The standard InChI is InChI=1S/C8H15NO3S/c1-13(10,11)9-4-5-12-8(6-9)7-2-3-7/h7-8H,2-6H2,1H3. The topological polar surface area (TPSA) is 46.6 Å². The summed E-state index contributed by atoms with van der Waals surface area (Å²) in [6.07, 6.45) is 3.82. The highest BCUT2D eigenvalue weighted by atomic mass is 32.2. The molecule has 2 rings (SSSR count). The van der Waals surface area contributed by atoms with Crippen LogP contribution in [0, 0.1) is 5.92 Å². The molecule has 76 valence electrons. The highest BCUT2D eigenvalue weighted by Crippen LogP contribution is 2.35. The van der Waals surface area contributed by atoms with Crippen LogP contribution in [0.5, 0.6) is 0 Å². The van der Waals surface area contributed by atoms with Crippen molar-refractivity contribution in [2.24, 2.45) is 5.92 Å². The smallest absolute Gasteiger partial charge is 0.211 e. The quantitative estimate of drug-likeness (QED) is 0.640. The van der Waals surface area contributed by atoms with Crippen LogP contribution in [0.2, 0.25) is 0 Å². The summed E-state index contributed by atoms with van der Waals surface area (Å²) in [5.74, 6) is 0.615. The molecular formula is C8H15NO3S. The van der Waals surface area contributed by atoms with E-state index in [1.165, 1.54) is 23.4 Å². The molecule has 0 N–H and O–H groups in total. The minimum atomic E-state index is -3.01. The number of hydrogen-bond donors (Lipinski definition) is 0. The number of morpholine rings is 1. The lowest BCUT2D eigenvalue weighted by atomic mass is 10.2. The van der Waals surface area contributed by atoms with Gasteiger partial charge in [0.1, 0.15) is 0 Å². The third-order valence-corrected chi connectivity index (χ3v) is 3.94. The van der Waals surface area contributed by atoms with Gasteiger partial charge < -0.3 is 4.74 Å². The van der Waals surface area contributed by atoms with Crippen molar-refractivity contribution in [3.63, 3.8) is 0 Å². The van der Waals surface area contributed by atoms with Gasteiger partial charge in [-0.25, -0.2) is 8.42 Å². The molecule has 0 aromatic rings. The second kappa shape index (κ2) is 3.22. The molecule has 2 aliphatic rings. The predicted octanol–water partition coefficient (Wildman–Crippen LogP) is 0.0568. The molecule has 1 atom stereocenters. The summed E-state index contributed by atoms with van der Waals surface area (Å²) in [6.45, 7) is 1.62. The molecule has 0 bridgehead atoms. The molecule has 1 heterocycles. The first-order valence-electron chi connectivity index (χ1n) is 4.64. The number of sulfonamides is 1. The van der Waals surface area contributed by atoms with Crippen LogP contribution in [0.25, 0.3) is 0 Å². The normalized spacial score (nSPS) is 31.9. The minimum absolute atomic E-state index is 0.156. The average Bonchev–Trinajstić information content (AvgIpc) is 2.85. The van der Waals surface area contributed by atoms with E-state index < -0.39 is 10.0 Å². The van der Waals surface area contributed by atoms with E-state index in [1.54, 1.807) is 0 Å². The van der Waals surface area contributed by atoms with Gasteiger partial charge >= 0.3 is 0 Å². The van der Waals surface area contributed by atoms with Crippen molar-refractivity contribution in [1.29, 1.82) is 0 Å². The SMILES string of the molecule is CS(=O)(=O)N1CCOC(C2CC2)C1. The van der Waals surface area contributed by atoms with E-state index in [9.17, 15) is 8.42 Å². The van der Waals surface area contributed by atoms with Gasteiger partial charge in [0.2, 0.25) is 10.0 Å². The summed E-state index contributed by atoms with van der Waals surface area (Å²) < 4.78 is 29.5. The summed E-state index contributed by atoms with van der Waals surface area (Å²) in [7, 11) is -3.01. The van der Waals surface area contributed by atoms with Crippen molar-refractivity contribution < 1.29 is 13.2 Å². The van der Waals surface area contributed by atoms with Crippen LogP contribution < -0.4 is 0 Å². The highest BCUT2D eigenvalue weighted by molar-refractivity contribution is 7.88. The third-order valence-electron chi connectivity index (χ3n) is 2.67. The fraction of sp³-hybridized carbons (Fsp3) is 1.00. The van der Waals surface area contributed by atoms with Crippen molar-refractivity contribution in [2.45, 2.75) is 18.9 Å². The van der Waals surface area contributed by atoms with Gasteiger partial charge in [-0.2, -0.15) is 4.31 Å². The van der Waals surface area contributed by atoms with Crippen molar-refractivity contribution in [3.8, 4) is 0 Å². The second-order valence-corrected chi connectivity index (χ2v) is 5.85. The van der Waals surface area contributed by atoms with Gasteiger partial charge in [0.05, 0.1) is 19.0 Å². The monoisotopic (exact) mass is 205 g/mol. The van der Waals surface area contributed by atoms with E-state index in [4.69, 9.17) is 4.74 Å². The summed E-state index contributed by atoms with van der Waals surface area (Å²) in [4.78, 5) is 0. The Hall–Kier alpha value is -0.130. The fourth-order valence-corrected chi connectivity index (χ4v) is 2.53. The molecule has 5 heteroatoms. The Morgan fingerprint density at radius 2 is 2.08 bits per heavy atom. The maximum absolute atomic E-state index is 11.2. The van der Waals surface area contributed by atoms with Gasteiger partial charge in [0.25, 0.3) is 0 Å². The first-order chi connectivity index (χ1) is 6.07. The molecule has 2 fully saturated rings. The van der Waals surface area contributed by atoms with E-state index >= 15 is 0 Å². The van der Waals surface area contributed by atoms with Crippen LogP contribution in [0.15, 0.2) is 0 Å². The zero-order chi connectivity index (χ0) is 9.47. The van der Waals surface area contributed by atoms with Crippen LogP contribution in [0.4, 0.5) is 0 Å². The van der Waals surface area contributed by atoms with Crippen molar-refractivity contribution in [1.82, 2.24) is 4.31 Å². The molecule has 13 heavy (non-hydrogen) atoms. The maximum atomic E-state index is 11.2. The zero-order valence-corrected chi connectivity index (χ0v) is 8.59. The number of ether oxygens (including phenoxy) is 1. The molecule has 1 saturated carbocycles. The number of hydrogen-bond acceptors (Lipinski definition) is 3. The Morgan fingerprint density at radius 3 is 2.62 bits per heavy atom. The van der Waals surface area contributed by atoms with Gasteiger partial charge in [-0.15, -0.1) is 0 Å². The largest absolute Gasteiger partial charge is 0.375 e. The van der Waals surface area contributed by atoms with Crippen molar-refractivity contribution in [3.05, 3.63) is 0 Å². The molecule has 4 nitrogen and oxygen atoms in total. The Bertz CT molecular complexity index is 284. The Kier molecular flexibility index (Phi) is 2.33. The van der Waals surface area contributed by atoms with Crippen LogP contribution >= 0.6 is 0 Å². The Labute approximate surface area is 78.9 Å². The van der Waals surface area contributed by atoms with Gasteiger partial charge in [-0.1, -0.05) is 0 Å². The van der Waals surface area contributed by atoms with Crippen LogP contribution in [0.3, 0.4) is 0 Å². The van der Waals surface area contributed by atoms with Gasteiger partial charge in [0, 0.05) is 13.1 Å². The molecule has 0 aromatic carbocycles. The summed E-state index contributed by atoms with van der Waals surface area (Å²) >= 11 is 0. The molecule has 0 spiro atoms. The first-order valence-corrected chi connectivity index (χ1v) is 6.49. The Balaban J connectivity index is 1.99. The molecule has 0 radical (unpaired) electrons. The maximum Gasteiger partial charge on any atom is 0.211 e. The van der Waals surface area contributed by atoms with Crippen LogP contribution in [-0.4, -0.2) is 44.8 Å². The number of rotatable bonds is 2. The molecule has 1 saturated heterocycles. The first kappa shape index (κ1) is 9.43. The lowest BCUT2D eigenvalue weighted by Crippen LogP contribution is -2.45. The molecule has 1 unspecified atom stereocenters. The molecule has 1 aliphatic heterocycles. The van der Waals surface area contributed by atoms with E-state index in [-0.39, 0.29) is 6.10 Å². The lowest BCUT2D eigenvalue weighted by molar-refractivity contribution is -0.0132. The van der Waals surface area contributed by atoms with E-state index in [1.807, 2.05) is 0 Å². The Morgan fingerprint density at radius 1 is 1.38 bits per heavy atom. The number of nitrogens with zero attached hydrogens (tertiary/aromatic N) is 1. The molecule has 0 aromatic heterocycles. The summed E-state index contributed by atoms with van der Waals surface area (Å²) in [6, 6.07) is 0. The molecular weight excluding hydrogens is 190 g/mol. The average molecular weight is 205 g/mol. The van der Waals surface area contributed by atoms with Crippen LogP contribution in [-0.2, 0) is 14.8 Å². The lowest BCUT2D eigenvalue weighted by Gasteiger charge is -2.31. The van der Waals surface area contributed by atoms with Crippen LogP contribution in [0.1, 0.15) is 12.8 Å². The van der Waals surface area contributed by atoms with E-state index in [0.29, 0.717) is 25.6 Å². The van der Waals surface area contributed by atoms with Gasteiger partial charge in [-0.05, 0) is 18.8 Å². The third kappa shape index (κ3) is 2.21. The van der Waals surface area contributed by atoms with Gasteiger partial charge in [0.15, 0.2) is 0 Å². The van der Waals surface area contributed by atoms with Crippen molar-refractivity contribution >= 4 is 10.0 Å². The highest BCUT2D eigenvalue weighted by Gasteiger charge is 2.37. The minimum Gasteiger partial charge on any atom is -0.375 e. The molecule has 0 amide bonds. The zero-order valence-electron chi connectivity index (χ0n) is 7.77.